The van der Waals surface area contributed by atoms with Crippen molar-refractivity contribution in [3.05, 3.63) is 36.0 Å². The molecule has 3 heterocycles. The Hall–Kier alpha value is -3.07. The molecule has 1 aromatic carbocycles. The number of piperazine rings is 1. The summed E-state index contributed by atoms with van der Waals surface area (Å²) in [5.41, 5.74) is 0.941. The van der Waals surface area contributed by atoms with Crippen molar-refractivity contribution in [3.8, 4) is 11.5 Å². The third-order valence-electron chi connectivity index (χ3n) is 5.48. The van der Waals surface area contributed by atoms with Crippen molar-refractivity contribution in [1.29, 1.82) is 0 Å². The Balaban J connectivity index is 1.32. The number of hydrogen-bond donors (Lipinski definition) is 0. The zero-order valence-electron chi connectivity index (χ0n) is 18.1. The average molecular weight is 428 g/mol. The monoisotopic (exact) mass is 427 g/mol. The lowest BCUT2D eigenvalue weighted by molar-refractivity contribution is -0.133. The largest absolute Gasteiger partial charge is 0.497 e. The predicted molar refractivity (Wildman–Crippen MR) is 117 cm³/mol. The second kappa shape index (κ2) is 9.82. The van der Waals surface area contributed by atoms with Gasteiger partial charge in [-0.15, -0.1) is 0 Å². The molecule has 2 aliphatic heterocycles. The molecule has 2 saturated heterocycles. The first-order valence-corrected chi connectivity index (χ1v) is 10.6. The van der Waals surface area contributed by atoms with Crippen molar-refractivity contribution >= 4 is 17.7 Å². The Morgan fingerprint density at radius 2 is 1.74 bits per heavy atom. The van der Waals surface area contributed by atoms with Crippen molar-refractivity contribution in [2.24, 2.45) is 0 Å². The summed E-state index contributed by atoms with van der Waals surface area (Å²) in [5.74, 6) is 2.96. The highest BCUT2D eigenvalue weighted by molar-refractivity contribution is 5.78. The van der Waals surface area contributed by atoms with Crippen molar-refractivity contribution in [1.82, 2.24) is 14.9 Å². The van der Waals surface area contributed by atoms with E-state index in [0.717, 1.165) is 43.8 Å². The third kappa shape index (κ3) is 5.35. The minimum Gasteiger partial charge on any atom is -0.497 e. The van der Waals surface area contributed by atoms with Crippen molar-refractivity contribution in [2.75, 3.05) is 76.0 Å². The first kappa shape index (κ1) is 21.2. The van der Waals surface area contributed by atoms with E-state index in [1.807, 2.05) is 36.1 Å². The Kier molecular flexibility index (Phi) is 6.71. The lowest BCUT2D eigenvalue weighted by Gasteiger charge is -2.35. The highest BCUT2D eigenvalue weighted by Crippen LogP contribution is 2.21. The van der Waals surface area contributed by atoms with Gasteiger partial charge in [-0.1, -0.05) is 6.07 Å². The number of methoxy groups -OCH3 is 1. The van der Waals surface area contributed by atoms with E-state index in [-0.39, 0.29) is 12.5 Å². The van der Waals surface area contributed by atoms with Crippen LogP contribution in [0, 0.1) is 6.92 Å². The van der Waals surface area contributed by atoms with Gasteiger partial charge >= 0.3 is 0 Å². The molecule has 166 valence electrons. The van der Waals surface area contributed by atoms with Crippen LogP contribution in [0.1, 0.15) is 5.69 Å². The van der Waals surface area contributed by atoms with Gasteiger partial charge < -0.3 is 28.9 Å². The van der Waals surface area contributed by atoms with Crippen LogP contribution in [0.3, 0.4) is 0 Å². The molecule has 0 radical (unpaired) electrons. The molecule has 9 heteroatoms. The molecule has 0 bridgehead atoms. The highest BCUT2D eigenvalue weighted by atomic mass is 16.5. The van der Waals surface area contributed by atoms with E-state index in [2.05, 4.69) is 14.8 Å². The summed E-state index contributed by atoms with van der Waals surface area (Å²) in [6.07, 6.45) is 0. The number of ether oxygens (including phenoxy) is 3. The van der Waals surface area contributed by atoms with Gasteiger partial charge in [-0.3, -0.25) is 4.79 Å². The molecule has 0 unspecified atom stereocenters. The van der Waals surface area contributed by atoms with Crippen LogP contribution in [0.5, 0.6) is 11.5 Å². The number of nitrogens with zero attached hydrogens (tertiary/aromatic N) is 5. The van der Waals surface area contributed by atoms with Crippen LogP contribution in [0.25, 0.3) is 0 Å². The number of carbonyl (C=O) groups is 1. The van der Waals surface area contributed by atoms with Gasteiger partial charge in [0.15, 0.2) is 6.61 Å². The normalized spacial score (nSPS) is 16.9. The minimum atomic E-state index is -0.0263. The Labute approximate surface area is 182 Å². The fraction of sp³-hybridized carbons (Fsp3) is 0.500. The summed E-state index contributed by atoms with van der Waals surface area (Å²) in [6.45, 7) is 7.73. The zero-order chi connectivity index (χ0) is 21.6. The second-order valence-electron chi connectivity index (χ2n) is 7.60. The summed E-state index contributed by atoms with van der Waals surface area (Å²) >= 11 is 0. The molecule has 1 aromatic heterocycles. The number of morpholine rings is 1. The molecule has 2 aliphatic rings. The van der Waals surface area contributed by atoms with Crippen LogP contribution in [0.2, 0.25) is 0 Å². The molecule has 0 spiro atoms. The van der Waals surface area contributed by atoms with E-state index in [1.54, 1.807) is 13.2 Å². The molecule has 2 aromatic rings. The number of aryl methyl sites for hydroxylation is 1. The summed E-state index contributed by atoms with van der Waals surface area (Å²) < 4.78 is 16.3. The van der Waals surface area contributed by atoms with Gasteiger partial charge in [0.05, 0.1) is 20.3 Å². The fourth-order valence-electron chi connectivity index (χ4n) is 3.72. The van der Waals surface area contributed by atoms with Gasteiger partial charge in [0.2, 0.25) is 5.95 Å². The Morgan fingerprint density at radius 3 is 2.48 bits per heavy atom. The third-order valence-corrected chi connectivity index (χ3v) is 5.48. The number of amides is 1. The van der Waals surface area contributed by atoms with Crippen LogP contribution in [-0.4, -0.2) is 87.0 Å². The predicted octanol–water partition coefficient (Wildman–Crippen LogP) is 1.36. The first-order chi connectivity index (χ1) is 15.1. The SMILES string of the molecule is COc1cccc(OCC(=O)N2CCN(c3nc(C)cc(N4CCOCC4)n3)CC2)c1. The lowest BCUT2D eigenvalue weighted by Crippen LogP contribution is -2.50. The smallest absolute Gasteiger partial charge is 0.260 e. The van der Waals surface area contributed by atoms with E-state index in [9.17, 15) is 4.79 Å². The van der Waals surface area contributed by atoms with Crippen LogP contribution in [-0.2, 0) is 9.53 Å². The van der Waals surface area contributed by atoms with Gasteiger partial charge in [-0.25, -0.2) is 4.98 Å². The van der Waals surface area contributed by atoms with E-state index < -0.39 is 0 Å². The van der Waals surface area contributed by atoms with E-state index in [4.69, 9.17) is 19.2 Å². The molecule has 0 aliphatic carbocycles. The van der Waals surface area contributed by atoms with Crippen LogP contribution in [0.15, 0.2) is 30.3 Å². The topological polar surface area (TPSA) is 80.3 Å². The standard InChI is InChI=1S/C22H29N5O4/c1-17-14-20(25-10-12-30-13-11-25)24-22(23-17)27-8-6-26(7-9-27)21(28)16-31-19-5-3-4-18(15-19)29-2/h3-5,14-15H,6-13,16H2,1-2H3. The molecule has 0 atom stereocenters. The quantitative estimate of drug-likeness (QED) is 0.684. The Bertz CT molecular complexity index is 895. The fourth-order valence-corrected chi connectivity index (χ4v) is 3.72. The number of anilines is 2. The lowest BCUT2D eigenvalue weighted by atomic mass is 10.3. The van der Waals surface area contributed by atoms with E-state index in [1.165, 1.54) is 0 Å². The second-order valence-corrected chi connectivity index (χ2v) is 7.60. The van der Waals surface area contributed by atoms with Crippen molar-refractivity contribution < 1.29 is 19.0 Å². The number of benzene rings is 1. The highest BCUT2D eigenvalue weighted by Gasteiger charge is 2.24. The van der Waals surface area contributed by atoms with Crippen LogP contribution in [0.4, 0.5) is 11.8 Å². The van der Waals surface area contributed by atoms with E-state index >= 15 is 0 Å². The average Bonchev–Trinajstić information content (AvgIpc) is 2.83. The summed E-state index contributed by atoms with van der Waals surface area (Å²) in [6, 6.07) is 9.28. The number of hydrogen-bond acceptors (Lipinski definition) is 8. The van der Waals surface area contributed by atoms with Gasteiger partial charge in [0.1, 0.15) is 17.3 Å². The summed E-state index contributed by atoms with van der Waals surface area (Å²) in [4.78, 5) is 28.2. The molecular weight excluding hydrogens is 398 g/mol. The number of carbonyl (C=O) groups excluding carboxylic acids is 1. The van der Waals surface area contributed by atoms with Crippen LogP contribution >= 0.6 is 0 Å². The maximum atomic E-state index is 12.6. The molecular formula is C22H29N5O4. The molecule has 4 rings (SSSR count). The van der Waals surface area contributed by atoms with Crippen LogP contribution < -0.4 is 19.3 Å². The van der Waals surface area contributed by atoms with Crippen molar-refractivity contribution in [3.63, 3.8) is 0 Å². The maximum Gasteiger partial charge on any atom is 0.260 e. The summed E-state index contributed by atoms with van der Waals surface area (Å²) in [5, 5.41) is 0. The maximum absolute atomic E-state index is 12.6. The van der Waals surface area contributed by atoms with Gasteiger partial charge in [-0.05, 0) is 19.1 Å². The zero-order valence-corrected chi connectivity index (χ0v) is 18.1. The van der Waals surface area contributed by atoms with Crippen molar-refractivity contribution in [2.45, 2.75) is 6.92 Å². The molecule has 1 amide bonds. The first-order valence-electron chi connectivity index (χ1n) is 10.6. The summed E-state index contributed by atoms with van der Waals surface area (Å²) in [7, 11) is 1.60. The molecule has 0 saturated carbocycles. The van der Waals surface area contributed by atoms with Gasteiger partial charge in [0.25, 0.3) is 5.91 Å². The van der Waals surface area contributed by atoms with Gasteiger partial charge in [0, 0.05) is 57.1 Å². The molecule has 31 heavy (non-hydrogen) atoms. The molecule has 2 fully saturated rings. The minimum absolute atomic E-state index is 0.00922. The molecule has 0 N–H and O–H groups in total. The van der Waals surface area contributed by atoms with E-state index in [0.29, 0.717) is 37.7 Å². The number of aromatic nitrogens is 2. The van der Waals surface area contributed by atoms with Gasteiger partial charge in [-0.2, -0.15) is 4.98 Å². The Morgan fingerprint density at radius 1 is 1.00 bits per heavy atom. The number of rotatable bonds is 6. The molecule has 9 nitrogen and oxygen atoms in total.